The molecule has 3 rings (SSSR count). The van der Waals surface area contributed by atoms with Crippen LogP contribution in [-0.4, -0.2) is 68.6 Å². The monoisotopic (exact) mass is 419 g/mol. The van der Waals surface area contributed by atoms with E-state index in [0.717, 1.165) is 56.5 Å². The number of nitro groups is 1. The number of aromatic nitrogens is 1. The fourth-order valence-electron chi connectivity index (χ4n) is 2.92. The molecule has 1 N–H and O–H groups in total. The summed E-state index contributed by atoms with van der Waals surface area (Å²) in [6.07, 6.45) is 2.43. The molecule has 29 heavy (non-hydrogen) atoms. The summed E-state index contributed by atoms with van der Waals surface area (Å²) in [4.78, 5) is 31.3. The van der Waals surface area contributed by atoms with Crippen molar-refractivity contribution < 1.29 is 18.1 Å². The summed E-state index contributed by atoms with van der Waals surface area (Å²) >= 11 is 0. The van der Waals surface area contributed by atoms with E-state index < -0.39 is 26.4 Å². The third kappa shape index (κ3) is 5.06. The second-order valence-corrected chi connectivity index (χ2v) is 8.91. The van der Waals surface area contributed by atoms with Gasteiger partial charge in [0.2, 0.25) is 0 Å². The summed E-state index contributed by atoms with van der Waals surface area (Å²) in [5.74, 6) is 0.138. The van der Waals surface area contributed by atoms with Crippen molar-refractivity contribution in [3.63, 3.8) is 0 Å². The van der Waals surface area contributed by atoms with Crippen LogP contribution in [0.1, 0.15) is 10.4 Å². The number of carbonyl (C=O) groups excluding carboxylic acids is 1. The molecule has 0 atom stereocenters. The number of amides is 1. The van der Waals surface area contributed by atoms with E-state index in [4.69, 9.17) is 0 Å². The molecular weight excluding hydrogens is 398 g/mol. The molecule has 2 aromatic rings. The van der Waals surface area contributed by atoms with Crippen LogP contribution in [0.25, 0.3) is 0 Å². The van der Waals surface area contributed by atoms with Gasteiger partial charge in [-0.1, -0.05) is 0 Å². The maximum atomic E-state index is 12.5. The molecule has 1 aromatic heterocycles. The van der Waals surface area contributed by atoms with Crippen molar-refractivity contribution >= 4 is 32.9 Å². The lowest BCUT2D eigenvalue weighted by atomic mass is 10.2. The first-order valence-electron chi connectivity index (χ1n) is 8.84. The number of likely N-dealkylation sites (N-methyl/N-ethyl adjacent to an activating group) is 1. The molecule has 1 aromatic carbocycles. The molecule has 0 unspecified atom stereocenters. The van der Waals surface area contributed by atoms with Crippen LogP contribution in [0.4, 0.5) is 17.2 Å². The predicted molar refractivity (Wildman–Crippen MR) is 108 cm³/mol. The van der Waals surface area contributed by atoms with Gasteiger partial charge in [-0.05, 0) is 25.2 Å². The van der Waals surface area contributed by atoms with Crippen molar-refractivity contribution in [2.45, 2.75) is 4.90 Å². The number of nitrogens with zero attached hydrogens (tertiary/aromatic N) is 4. The summed E-state index contributed by atoms with van der Waals surface area (Å²) in [5.41, 5.74) is -0.190. The van der Waals surface area contributed by atoms with Gasteiger partial charge >= 0.3 is 0 Å². The lowest BCUT2D eigenvalue weighted by Gasteiger charge is -2.33. The second-order valence-electron chi connectivity index (χ2n) is 6.89. The van der Waals surface area contributed by atoms with Crippen molar-refractivity contribution in [1.29, 1.82) is 0 Å². The average Bonchev–Trinajstić information content (AvgIpc) is 2.68. The van der Waals surface area contributed by atoms with Gasteiger partial charge in [-0.25, -0.2) is 13.4 Å². The third-order valence-corrected chi connectivity index (χ3v) is 5.72. The summed E-state index contributed by atoms with van der Waals surface area (Å²) in [5, 5.41) is 13.7. The van der Waals surface area contributed by atoms with E-state index in [1.54, 1.807) is 12.1 Å². The molecule has 1 fully saturated rings. The fourth-order valence-corrected chi connectivity index (χ4v) is 3.60. The number of benzene rings is 1. The van der Waals surface area contributed by atoms with E-state index in [1.165, 1.54) is 6.20 Å². The molecule has 1 aliphatic heterocycles. The minimum Gasteiger partial charge on any atom is -0.354 e. The molecule has 2 heterocycles. The molecule has 1 amide bonds. The molecule has 1 saturated heterocycles. The predicted octanol–water partition coefficient (Wildman–Crippen LogP) is 1.40. The first kappa shape index (κ1) is 20.7. The highest BCUT2D eigenvalue weighted by Gasteiger charge is 2.20. The smallest absolute Gasteiger partial charge is 0.271 e. The number of nitrogens with one attached hydrogen (secondary N) is 1. The van der Waals surface area contributed by atoms with Crippen LogP contribution in [0, 0.1) is 10.1 Å². The zero-order valence-corrected chi connectivity index (χ0v) is 16.8. The summed E-state index contributed by atoms with van der Waals surface area (Å²) in [6.45, 7) is 3.60. The number of sulfone groups is 1. The molecule has 0 radical (unpaired) electrons. The fraction of sp³-hybridized carbons (Fsp3) is 0.333. The largest absolute Gasteiger partial charge is 0.354 e. The van der Waals surface area contributed by atoms with Crippen LogP contribution in [0.3, 0.4) is 0 Å². The topological polar surface area (TPSA) is 126 Å². The lowest BCUT2D eigenvalue weighted by Crippen LogP contribution is -2.44. The van der Waals surface area contributed by atoms with Crippen molar-refractivity contribution in [1.82, 2.24) is 9.88 Å². The Labute approximate surface area is 168 Å². The van der Waals surface area contributed by atoms with E-state index in [9.17, 15) is 23.3 Å². The molecule has 0 aliphatic carbocycles. The van der Waals surface area contributed by atoms with E-state index in [0.29, 0.717) is 5.69 Å². The van der Waals surface area contributed by atoms with Crippen molar-refractivity contribution in [3.05, 3.63) is 52.2 Å². The van der Waals surface area contributed by atoms with Crippen molar-refractivity contribution in [2.24, 2.45) is 0 Å². The quantitative estimate of drug-likeness (QED) is 0.569. The van der Waals surface area contributed by atoms with Gasteiger partial charge in [0.25, 0.3) is 11.6 Å². The Balaban J connectivity index is 1.78. The van der Waals surface area contributed by atoms with Crippen LogP contribution in [0.5, 0.6) is 0 Å². The molecule has 154 valence electrons. The molecule has 0 spiro atoms. The van der Waals surface area contributed by atoms with Crippen LogP contribution in [-0.2, 0) is 9.84 Å². The molecule has 0 bridgehead atoms. The first-order valence-corrected chi connectivity index (χ1v) is 10.7. The molecule has 0 saturated carbocycles. The highest BCUT2D eigenvalue weighted by atomic mass is 32.2. The van der Waals surface area contributed by atoms with Gasteiger partial charge in [0, 0.05) is 50.1 Å². The Kier molecular flexibility index (Phi) is 5.80. The van der Waals surface area contributed by atoms with Gasteiger partial charge in [0.1, 0.15) is 5.82 Å². The normalized spacial score (nSPS) is 15.2. The Morgan fingerprint density at radius 2 is 1.86 bits per heavy atom. The number of non-ortho nitro benzene ring substituents is 1. The molecule has 11 heteroatoms. The summed E-state index contributed by atoms with van der Waals surface area (Å²) in [6, 6.07) is 6.56. The standard InChI is InChI=1S/C18H21N5O5S/c1-21-5-7-22(8-6-21)17-4-3-14(12-19-17)20-18(24)13-9-15(23(25)26)11-16(10-13)29(2,27)28/h3-4,9-12H,5-8H2,1-2H3,(H,20,24). The highest BCUT2D eigenvalue weighted by molar-refractivity contribution is 7.90. The third-order valence-electron chi connectivity index (χ3n) is 4.63. The number of hydrogen-bond donors (Lipinski definition) is 1. The first-order chi connectivity index (χ1) is 13.6. The lowest BCUT2D eigenvalue weighted by molar-refractivity contribution is -0.385. The zero-order chi connectivity index (χ0) is 21.2. The Morgan fingerprint density at radius 3 is 2.41 bits per heavy atom. The molecule has 1 aliphatic rings. The van der Waals surface area contributed by atoms with Gasteiger partial charge in [-0.3, -0.25) is 14.9 Å². The minimum atomic E-state index is -3.72. The number of carbonyl (C=O) groups is 1. The number of anilines is 2. The minimum absolute atomic E-state index is 0.122. The van der Waals surface area contributed by atoms with Gasteiger partial charge in [-0.15, -0.1) is 0 Å². The van der Waals surface area contributed by atoms with Gasteiger partial charge < -0.3 is 15.1 Å². The Bertz CT molecular complexity index is 1030. The molecular formula is C18H21N5O5S. The maximum Gasteiger partial charge on any atom is 0.271 e. The zero-order valence-electron chi connectivity index (χ0n) is 16.0. The van der Waals surface area contributed by atoms with E-state index in [-0.39, 0.29) is 10.5 Å². The van der Waals surface area contributed by atoms with E-state index in [2.05, 4.69) is 27.1 Å². The van der Waals surface area contributed by atoms with Crippen LogP contribution in [0.15, 0.2) is 41.4 Å². The van der Waals surface area contributed by atoms with Crippen LogP contribution < -0.4 is 10.2 Å². The van der Waals surface area contributed by atoms with Crippen molar-refractivity contribution in [2.75, 3.05) is 49.7 Å². The Morgan fingerprint density at radius 1 is 1.17 bits per heavy atom. The van der Waals surface area contributed by atoms with E-state index >= 15 is 0 Å². The van der Waals surface area contributed by atoms with E-state index in [1.807, 2.05) is 0 Å². The number of rotatable bonds is 5. The molecule has 10 nitrogen and oxygen atoms in total. The second kappa shape index (κ2) is 8.13. The highest BCUT2D eigenvalue weighted by Crippen LogP contribution is 2.22. The number of nitro benzene ring substituents is 1. The Hall–Kier alpha value is -3.05. The van der Waals surface area contributed by atoms with Crippen molar-refractivity contribution in [3.8, 4) is 0 Å². The number of piperazine rings is 1. The van der Waals surface area contributed by atoms with Gasteiger partial charge in [0.15, 0.2) is 9.84 Å². The van der Waals surface area contributed by atoms with Gasteiger partial charge in [-0.2, -0.15) is 0 Å². The average molecular weight is 419 g/mol. The number of hydrogen-bond acceptors (Lipinski definition) is 8. The summed E-state index contributed by atoms with van der Waals surface area (Å²) in [7, 11) is -1.65. The van der Waals surface area contributed by atoms with Crippen LogP contribution >= 0.6 is 0 Å². The number of pyridine rings is 1. The maximum absolute atomic E-state index is 12.5. The van der Waals surface area contributed by atoms with Crippen LogP contribution in [0.2, 0.25) is 0 Å². The summed E-state index contributed by atoms with van der Waals surface area (Å²) < 4.78 is 23.6. The van der Waals surface area contributed by atoms with Gasteiger partial charge in [0.05, 0.1) is 21.7 Å². The SMILES string of the molecule is CN1CCN(c2ccc(NC(=O)c3cc([N+](=O)[O-])cc(S(C)(=O)=O)c3)cn2)CC1.